The number of carbonyl (C=O) groups excluding carboxylic acids is 1. The molecule has 1 amide bonds. The van der Waals surface area contributed by atoms with Crippen LogP contribution in [0.15, 0.2) is 53.6 Å². The van der Waals surface area contributed by atoms with Crippen molar-refractivity contribution in [2.75, 3.05) is 39.5 Å². The average molecular weight is 414 g/mol. The van der Waals surface area contributed by atoms with Gasteiger partial charge in [-0.2, -0.15) is 5.10 Å². The van der Waals surface area contributed by atoms with Gasteiger partial charge < -0.3 is 24.6 Å². The molecule has 1 aliphatic rings. The molecule has 30 heavy (non-hydrogen) atoms. The number of benzene rings is 2. The fraction of sp³-hybridized carbons (Fsp3) is 0.364. The molecule has 8 nitrogen and oxygen atoms in total. The van der Waals surface area contributed by atoms with Crippen molar-refractivity contribution in [3.8, 4) is 11.5 Å². The van der Waals surface area contributed by atoms with Gasteiger partial charge in [-0.1, -0.05) is 0 Å². The van der Waals surface area contributed by atoms with E-state index in [-0.39, 0.29) is 18.3 Å². The number of amides is 1. The SMILES string of the molecule is C/C(=N\NC(=O)c1ccc(OC[C@H](O)C[NH+]2CCOCC2)cc1)c1ccc(O)cc1. The van der Waals surface area contributed by atoms with E-state index in [9.17, 15) is 15.0 Å². The largest absolute Gasteiger partial charge is 0.508 e. The molecule has 2 aromatic rings. The number of carbonyl (C=O) groups is 1. The second-order valence-electron chi connectivity index (χ2n) is 7.24. The molecule has 3 rings (SSSR count). The number of hydrogen-bond acceptors (Lipinski definition) is 6. The summed E-state index contributed by atoms with van der Waals surface area (Å²) >= 11 is 0. The first-order chi connectivity index (χ1) is 14.5. The molecule has 1 fully saturated rings. The molecule has 8 heteroatoms. The number of rotatable bonds is 8. The first kappa shape index (κ1) is 21.8. The summed E-state index contributed by atoms with van der Waals surface area (Å²) < 4.78 is 11.0. The van der Waals surface area contributed by atoms with Crippen LogP contribution in [0.25, 0.3) is 0 Å². The Hall–Kier alpha value is -2.94. The molecule has 1 heterocycles. The van der Waals surface area contributed by atoms with Crippen molar-refractivity contribution in [2.24, 2.45) is 5.10 Å². The minimum atomic E-state index is -0.557. The minimum absolute atomic E-state index is 0.174. The number of phenolic OH excluding ortho intramolecular Hbond substituents is 1. The molecule has 0 spiro atoms. The van der Waals surface area contributed by atoms with Crippen LogP contribution < -0.4 is 15.1 Å². The number of hydrogen-bond donors (Lipinski definition) is 4. The van der Waals surface area contributed by atoms with Gasteiger partial charge in [0.25, 0.3) is 5.91 Å². The maximum atomic E-state index is 12.3. The van der Waals surface area contributed by atoms with Gasteiger partial charge in [-0.25, -0.2) is 5.43 Å². The van der Waals surface area contributed by atoms with Crippen LogP contribution in [0.3, 0.4) is 0 Å². The second kappa shape index (κ2) is 10.7. The van der Waals surface area contributed by atoms with Crippen LogP contribution in [-0.4, -0.2) is 67.4 Å². The number of morpholine rings is 1. The van der Waals surface area contributed by atoms with Crippen molar-refractivity contribution in [3.63, 3.8) is 0 Å². The van der Waals surface area contributed by atoms with E-state index in [1.54, 1.807) is 55.5 Å². The molecular formula is C22H28N3O5+. The average Bonchev–Trinajstić information content (AvgIpc) is 2.77. The topological polar surface area (TPSA) is 105 Å². The van der Waals surface area contributed by atoms with E-state index in [1.807, 2.05) is 0 Å². The number of aromatic hydroxyl groups is 1. The van der Waals surface area contributed by atoms with Crippen molar-refractivity contribution >= 4 is 11.6 Å². The van der Waals surface area contributed by atoms with Gasteiger partial charge in [0.2, 0.25) is 0 Å². The Balaban J connectivity index is 1.46. The number of phenols is 1. The van der Waals surface area contributed by atoms with Crippen LogP contribution in [0.2, 0.25) is 0 Å². The zero-order valence-corrected chi connectivity index (χ0v) is 17.0. The summed E-state index contributed by atoms with van der Waals surface area (Å²) in [5, 5.41) is 23.6. The van der Waals surface area contributed by atoms with Gasteiger partial charge in [-0.15, -0.1) is 0 Å². The zero-order chi connectivity index (χ0) is 21.3. The summed E-state index contributed by atoms with van der Waals surface area (Å²) in [7, 11) is 0. The fourth-order valence-corrected chi connectivity index (χ4v) is 3.12. The lowest BCUT2D eigenvalue weighted by atomic mass is 10.1. The van der Waals surface area contributed by atoms with E-state index in [0.29, 0.717) is 23.6 Å². The van der Waals surface area contributed by atoms with Gasteiger partial charge in [0.1, 0.15) is 43.8 Å². The maximum Gasteiger partial charge on any atom is 0.271 e. The quantitative estimate of drug-likeness (QED) is 0.365. The molecule has 2 aromatic carbocycles. The summed E-state index contributed by atoms with van der Waals surface area (Å²) in [6, 6.07) is 13.3. The highest BCUT2D eigenvalue weighted by molar-refractivity contribution is 6.00. The number of nitrogens with one attached hydrogen (secondary N) is 2. The summed E-state index contributed by atoms with van der Waals surface area (Å²) in [6.07, 6.45) is -0.557. The Bertz CT molecular complexity index is 846. The predicted octanol–water partition coefficient (Wildman–Crippen LogP) is 0.201. The van der Waals surface area contributed by atoms with Gasteiger partial charge in [0.15, 0.2) is 0 Å². The second-order valence-corrected chi connectivity index (χ2v) is 7.24. The lowest BCUT2D eigenvalue weighted by molar-refractivity contribution is -0.911. The zero-order valence-electron chi connectivity index (χ0n) is 17.0. The number of aliphatic hydroxyl groups excluding tert-OH is 1. The lowest BCUT2D eigenvalue weighted by Gasteiger charge is -2.25. The third-order valence-corrected chi connectivity index (χ3v) is 4.89. The van der Waals surface area contributed by atoms with Crippen LogP contribution in [0.5, 0.6) is 11.5 Å². The Kier molecular flexibility index (Phi) is 7.78. The molecule has 1 aliphatic heterocycles. The van der Waals surface area contributed by atoms with Crippen LogP contribution in [-0.2, 0) is 4.74 Å². The Morgan fingerprint density at radius 1 is 1.13 bits per heavy atom. The van der Waals surface area contributed by atoms with Gasteiger partial charge >= 0.3 is 0 Å². The first-order valence-corrected chi connectivity index (χ1v) is 9.97. The Morgan fingerprint density at radius 2 is 1.77 bits per heavy atom. The van der Waals surface area contributed by atoms with E-state index < -0.39 is 6.10 Å². The van der Waals surface area contributed by atoms with E-state index in [2.05, 4.69) is 10.5 Å². The van der Waals surface area contributed by atoms with Gasteiger partial charge in [-0.3, -0.25) is 4.79 Å². The molecule has 4 N–H and O–H groups in total. The van der Waals surface area contributed by atoms with Crippen LogP contribution >= 0.6 is 0 Å². The van der Waals surface area contributed by atoms with Gasteiger partial charge in [0, 0.05) is 5.56 Å². The third kappa shape index (κ3) is 6.55. The smallest absolute Gasteiger partial charge is 0.271 e. The van der Waals surface area contributed by atoms with E-state index in [0.717, 1.165) is 31.9 Å². The normalized spacial score (nSPS) is 16.1. The van der Waals surface area contributed by atoms with Crippen molar-refractivity contribution in [1.82, 2.24) is 5.43 Å². The Morgan fingerprint density at radius 3 is 2.43 bits per heavy atom. The van der Waals surface area contributed by atoms with Crippen molar-refractivity contribution in [1.29, 1.82) is 0 Å². The van der Waals surface area contributed by atoms with Crippen molar-refractivity contribution < 1.29 is 29.4 Å². The molecule has 0 bridgehead atoms. The molecule has 0 aliphatic carbocycles. The number of nitrogens with zero attached hydrogens (tertiary/aromatic N) is 1. The highest BCUT2D eigenvalue weighted by atomic mass is 16.5. The lowest BCUT2D eigenvalue weighted by Crippen LogP contribution is -3.15. The molecule has 1 saturated heterocycles. The summed E-state index contributed by atoms with van der Waals surface area (Å²) in [5.41, 5.74) is 4.39. The third-order valence-electron chi connectivity index (χ3n) is 4.89. The summed E-state index contributed by atoms with van der Waals surface area (Å²) in [6.45, 7) is 5.85. The molecule has 0 saturated carbocycles. The van der Waals surface area contributed by atoms with Crippen molar-refractivity contribution in [3.05, 3.63) is 59.7 Å². The number of hydrazone groups is 1. The monoisotopic (exact) mass is 414 g/mol. The molecule has 0 unspecified atom stereocenters. The van der Waals surface area contributed by atoms with Crippen LogP contribution in [0.4, 0.5) is 0 Å². The molecular weight excluding hydrogens is 386 g/mol. The standard InChI is InChI=1S/C22H27N3O5/c1-16(17-2-6-19(26)7-3-17)23-24-22(28)18-4-8-21(9-5-18)30-15-20(27)14-25-10-12-29-13-11-25/h2-9,20,26-27H,10-15H2,1H3,(H,24,28)/p+1/b23-16+/t20-/m1/s1. The van der Waals surface area contributed by atoms with Gasteiger partial charge in [0.05, 0.1) is 18.9 Å². The molecule has 160 valence electrons. The van der Waals surface area contributed by atoms with Crippen molar-refractivity contribution in [2.45, 2.75) is 13.0 Å². The summed E-state index contributed by atoms with van der Waals surface area (Å²) in [4.78, 5) is 13.6. The van der Waals surface area contributed by atoms with E-state index >= 15 is 0 Å². The maximum absolute atomic E-state index is 12.3. The summed E-state index contributed by atoms with van der Waals surface area (Å²) in [5.74, 6) is 0.426. The highest BCUT2D eigenvalue weighted by Crippen LogP contribution is 2.13. The van der Waals surface area contributed by atoms with Crippen LogP contribution in [0, 0.1) is 0 Å². The highest BCUT2D eigenvalue weighted by Gasteiger charge is 2.18. The first-order valence-electron chi connectivity index (χ1n) is 9.97. The number of aliphatic hydroxyl groups is 1. The van der Waals surface area contributed by atoms with Crippen LogP contribution in [0.1, 0.15) is 22.8 Å². The number of quaternary nitrogens is 1. The Labute approximate surface area is 175 Å². The molecule has 0 aromatic heterocycles. The molecule has 0 radical (unpaired) electrons. The van der Waals surface area contributed by atoms with E-state index in [4.69, 9.17) is 9.47 Å². The number of ether oxygens (including phenoxy) is 2. The fourth-order valence-electron chi connectivity index (χ4n) is 3.12. The molecule has 1 atom stereocenters. The predicted molar refractivity (Wildman–Crippen MR) is 112 cm³/mol. The van der Waals surface area contributed by atoms with Gasteiger partial charge in [-0.05, 0) is 61.0 Å². The van der Waals surface area contributed by atoms with E-state index in [1.165, 1.54) is 4.90 Å². The minimum Gasteiger partial charge on any atom is -0.508 e.